The Morgan fingerprint density at radius 3 is 2.06 bits per heavy atom. The summed E-state index contributed by atoms with van der Waals surface area (Å²) in [5.74, 6) is -1.39. The molecule has 3 aromatic heterocycles. The number of nitrogens with one attached hydrogen (secondary N) is 4. The van der Waals surface area contributed by atoms with Crippen LogP contribution in [-0.2, 0) is 50.7 Å². The summed E-state index contributed by atoms with van der Waals surface area (Å²) >= 11 is 0. The number of H-pyrrole nitrogens is 2. The molecule has 1 saturated heterocycles. The molecule has 15 heteroatoms. The predicted molar refractivity (Wildman–Crippen MR) is 265 cm³/mol. The maximum atomic E-state index is 15.4. The molecule has 5 heterocycles. The molecule has 14 nitrogen and oxygen atoms in total. The number of aliphatic hydroxyl groups is 1. The number of hydrogen-bond acceptors (Lipinski definition) is 8. The van der Waals surface area contributed by atoms with Crippen molar-refractivity contribution >= 4 is 64.9 Å². The van der Waals surface area contributed by atoms with Crippen LogP contribution in [0.1, 0.15) is 52.8 Å². The van der Waals surface area contributed by atoms with Gasteiger partial charge in [0.2, 0.25) is 11.8 Å². The van der Waals surface area contributed by atoms with Crippen LogP contribution in [0, 0.1) is 5.92 Å². The lowest BCUT2D eigenvalue weighted by atomic mass is 9.82. The van der Waals surface area contributed by atoms with Crippen LogP contribution in [0.4, 0.5) is 17.1 Å². The first kappa shape index (κ1) is 44.7. The van der Waals surface area contributed by atoms with Gasteiger partial charge in [-0.1, -0.05) is 91.0 Å². The predicted octanol–water partition coefficient (Wildman–Crippen LogP) is 8.16. The van der Waals surface area contributed by atoms with Crippen molar-refractivity contribution in [3.8, 4) is 0 Å². The maximum Gasteiger partial charge on any atom is 0.264 e. The first-order chi connectivity index (χ1) is 32.9. The van der Waals surface area contributed by atoms with Gasteiger partial charge in [0.1, 0.15) is 0 Å². The van der Waals surface area contributed by atoms with Gasteiger partial charge < -0.3 is 40.1 Å². The third kappa shape index (κ3) is 8.42. The van der Waals surface area contributed by atoms with Crippen LogP contribution in [0.15, 0.2) is 140 Å². The highest BCUT2D eigenvalue weighted by atomic mass is 28.4. The quantitative estimate of drug-likeness (QED) is 0.0555. The third-order valence-electron chi connectivity index (χ3n) is 13.8. The maximum absolute atomic E-state index is 15.4. The number of aromatic amines is 2. The Labute approximate surface area is 394 Å². The molecule has 0 aliphatic carbocycles. The molecule has 0 bridgehead atoms. The molecule has 1 unspecified atom stereocenters. The van der Waals surface area contributed by atoms with E-state index in [0.717, 1.165) is 44.1 Å². The number of rotatable bonds is 15. The normalized spacial score (nSPS) is 19.5. The molecule has 5 atom stereocenters. The summed E-state index contributed by atoms with van der Waals surface area (Å²) in [6.45, 7) is 6.26. The second kappa shape index (κ2) is 18.1. The van der Waals surface area contributed by atoms with E-state index in [9.17, 15) is 19.5 Å². The number of fused-ring (bicyclic) bond motifs is 4. The number of benzene rings is 5. The first-order valence-electron chi connectivity index (χ1n) is 23.1. The van der Waals surface area contributed by atoms with E-state index in [2.05, 4.69) is 30.9 Å². The number of anilines is 3. The Hall–Kier alpha value is -7.17. The molecule has 5 aromatic carbocycles. The second-order valence-electron chi connectivity index (χ2n) is 18.7. The highest BCUT2D eigenvalue weighted by Gasteiger charge is 2.66. The highest BCUT2D eigenvalue weighted by Crippen LogP contribution is 2.60. The largest absolute Gasteiger partial charge is 0.432 e. The topological polar surface area (TPSA) is 190 Å². The SMILES string of the molecule is C[C@H]1[C@H]([Si](C)(C)O)[C@@H](CCn2cc(C(CO)c3ccccc3)nn2)O[C@]12C(=O)N(Cc1ccc(NC(=O)Cc3c[nH]c4ccccc34)cc1)c1ccc(NC(=O)Cc3c[nH]c4ccccc34)cc12. The summed E-state index contributed by atoms with van der Waals surface area (Å²) < 4.78 is 8.91. The summed E-state index contributed by atoms with van der Waals surface area (Å²) in [4.78, 5) is 62.5. The lowest BCUT2D eigenvalue weighted by Crippen LogP contribution is -2.46. The molecule has 8 aromatic rings. The Morgan fingerprint density at radius 2 is 1.43 bits per heavy atom. The lowest BCUT2D eigenvalue weighted by Gasteiger charge is -2.32. The average molecular weight is 927 g/mol. The van der Waals surface area contributed by atoms with Gasteiger partial charge in [0, 0.05) is 75.3 Å². The number of para-hydroxylation sites is 2. The van der Waals surface area contributed by atoms with Crippen molar-refractivity contribution in [2.24, 2.45) is 5.92 Å². The van der Waals surface area contributed by atoms with E-state index in [0.29, 0.717) is 41.3 Å². The van der Waals surface area contributed by atoms with Crippen LogP contribution >= 0.6 is 0 Å². The van der Waals surface area contributed by atoms with Crippen molar-refractivity contribution in [1.29, 1.82) is 0 Å². The van der Waals surface area contributed by atoms with E-state index in [4.69, 9.17) is 4.74 Å². The number of nitrogens with zero attached hydrogens (tertiary/aromatic N) is 4. The molecule has 1 spiro atoms. The molecule has 0 saturated carbocycles. The molecule has 6 N–H and O–H groups in total. The summed E-state index contributed by atoms with van der Waals surface area (Å²) in [5, 5.41) is 27.2. The molecular weight excluding hydrogens is 873 g/mol. The van der Waals surface area contributed by atoms with E-state index < -0.39 is 25.9 Å². The molecule has 2 aliphatic rings. The molecule has 346 valence electrons. The Morgan fingerprint density at radius 1 is 0.824 bits per heavy atom. The first-order valence-corrected chi connectivity index (χ1v) is 26.1. The minimum Gasteiger partial charge on any atom is -0.432 e. The number of carbonyl (C=O) groups is 3. The van der Waals surface area contributed by atoms with Crippen LogP contribution in [0.25, 0.3) is 21.8 Å². The number of hydrogen-bond donors (Lipinski definition) is 6. The average Bonchev–Trinajstić information content (AvgIpc) is 4.16. The van der Waals surface area contributed by atoms with Crippen molar-refractivity contribution in [1.82, 2.24) is 25.0 Å². The molecular formula is C53H54N8O6Si. The number of carbonyl (C=O) groups excluding carboxylic acids is 3. The lowest BCUT2D eigenvalue weighted by molar-refractivity contribution is -0.146. The Kier molecular flexibility index (Phi) is 11.9. The highest BCUT2D eigenvalue weighted by molar-refractivity contribution is 6.71. The van der Waals surface area contributed by atoms with E-state index in [1.165, 1.54) is 0 Å². The molecule has 68 heavy (non-hydrogen) atoms. The minimum absolute atomic E-state index is 0.127. The van der Waals surface area contributed by atoms with E-state index in [1.54, 1.807) is 9.58 Å². The zero-order valence-corrected chi connectivity index (χ0v) is 39.1. The smallest absolute Gasteiger partial charge is 0.264 e. The summed E-state index contributed by atoms with van der Waals surface area (Å²) in [7, 11) is -3.03. The van der Waals surface area contributed by atoms with E-state index in [1.807, 2.05) is 160 Å². The van der Waals surface area contributed by atoms with Gasteiger partial charge in [-0.3, -0.25) is 19.1 Å². The van der Waals surface area contributed by atoms with Gasteiger partial charge in [0.25, 0.3) is 5.91 Å². The van der Waals surface area contributed by atoms with Gasteiger partial charge in [-0.15, -0.1) is 5.10 Å². The number of amides is 3. The van der Waals surface area contributed by atoms with Crippen molar-refractivity contribution < 1.29 is 29.0 Å². The molecule has 10 rings (SSSR count). The van der Waals surface area contributed by atoms with Gasteiger partial charge in [0.15, 0.2) is 13.9 Å². The van der Waals surface area contributed by atoms with Crippen molar-refractivity contribution in [2.45, 2.75) is 75.5 Å². The summed E-state index contributed by atoms with van der Waals surface area (Å²) in [6, 6.07) is 38.4. The monoisotopic (exact) mass is 926 g/mol. The van der Waals surface area contributed by atoms with Gasteiger partial charge >= 0.3 is 0 Å². The van der Waals surface area contributed by atoms with Crippen LogP contribution in [-0.4, -0.2) is 73.6 Å². The fraction of sp³-hybridized carbons (Fsp3) is 0.264. The van der Waals surface area contributed by atoms with E-state index >= 15 is 4.79 Å². The van der Waals surface area contributed by atoms with Crippen LogP contribution < -0.4 is 15.5 Å². The number of aromatic nitrogens is 5. The fourth-order valence-corrected chi connectivity index (χ4v) is 13.3. The van der Waals surface area contributed by atoms with E-state index in [-0.39, 0.29) is 55.2 Å². The number of ether oxygens (including phenoxy) is 1. The summed E-state index contributed by atoms with van der Waals surface area (Å²) in [5.41, 5.74) is 6.73. The minimum atomic E-state index is -3.03. The van der Waals surface area contributed by atoms with Gasteiger partial charge in [-0.25, -0.2) is 0 Å². The van der Waals surface area contributed by atoms with Gasteiger partial charge in [-0.05, 0) is 84.2 Å². The second-order valence-corrected chi connectivity index (χ2v) is 22.7. The summed E-state index contributed by atoms with van der Waals surface area (Å²) in [6.07, 6.45) is 5.81. The fourth-order valence-electron chi connectivity index (χ4n) is 10.7. The zero-order chi connectivity index (χ0) is 47.2. The van der Waals surface area contributed by atoms with Crippen molar-refractivity contribution in [3.63, 3.8) is 0 Å². The number of aliphatic hydroxyl groups excluding tert-OH is 1. The molecule has 2 aliphatic heterocycles. The van der Waals surface area contributed by atoms with Crippen molar-refractivity contribution in [3.05, 3.63) is 173 Å². The molecule has 3 amide bonds. The standard InChI is InChI=1S/C53H54N8O6Si/c1-33-51(68(2,3)66)48(23-24-60-31-46(58-59-60)42(32-62)35-11-5-4-6-12-35)67-53(33)43-27-39(57-50(64)26-37-29-55-45-16-10-8-14-41(37)45)21-22-47(43)61(52(53)65)30-34-17-19-38(20-18-34)56-49(63)25-36-28-54-44-15-9-7-13-40(36)44/h4-22,27-29,31,33,42,48,51,54-55,62,66H,23-26,30,32H2,1-3H3,(H,56,63)(H,57,64)/t33-,42?,48+,51-,53+/m0/s1. The Balaban J connectivity index is 0.923. The number of aryl methyl sites for hydroxylation is 1. The van der Waals surface area contributed by atoms with Gasteiger partial charge in [0.05, 0.1) is 49.4 Å². The van der Waals surface area contributed by atoms with Crippen molar-refractivity contribution in [2.75, 3.05) is 22.1 Å². The molecule has 0 radical (unpaired) electrons. The zero-order valence-electron chi connectivity index (χ0n) is 38.1. The van der Waals surface area contributed by atoms with Crippen LogP contribution in [0.5, 0.6) is 0 Å². The van der Waals surface area contributed by atoms with Gasteiger partial charge in [-0.2, -0.15) is 0 Å². The Bertz CT molecular complexity index is 3140. The molecule has 1 fully saturated rings. The third-order valence-corrected chi connectivity index (χ3v) is 16.3. The van der Waals surface area contributed by atoms with Crippen LogP contribution in [0.3, 0.4) is 0 Å². The van der Waals surface area contributed by atoms with Crippen LogP contribution in [0.2, 0.25) is 18.6 Å².